The number of hydrogen-bond donors (Lipinski definition) is 4. The number of nitrogens with zero attached hydrogens (tertiary/aromatic N) is 8. The van der Waals surface area contributed by atoms with E-state index in [1.165, 1.54) is 5.38 Å². The van der Waals surface area contributed by atoms with Gasteiger partial charge in [-0.25, -0.2) is 37.8 Å². The predicted octanol–water partition coefficient (Wildman–Crippen LogP) is 4.84. The fourth-order valence-electron chi connectivity index (χ4n) is 6.14. The molecule has 20 heteroatoms. The maximum atomic E-state index is 13.4. The zero-order chi connectivity index (χ0) is 40.1. The van der Waals surface area contributed by atoms with E-state index in [4.69, 9.17) is 0 Å². The number of imidazole rings is 1. The largest absolute Gasteiger partial charge is 0.361 e. The highest BCUT2D eigenvalue weighted by Crippen LogP contribution is 2.31. The van der Waals surface area contributed by atoms with Crippen molar-refractivity contribution in [2.24, 2.45) is 0 Å². The van der Waals surface area contributed by atoms with Gasteiger partial charge in [-0.2, -0.15) is 5.10 Å². The van der Waals surface area contributed by atoms with Gasteiger partial charge >= 0.3 is 5.69 Å². The molecule has 2 aromatic carbocycles. The van der Waals surface area contributed by atoms with Crippen molar-refractivity contribution in [1.82, 2.24) is 34.2 Å². The zero-order valence-corrected chi connectivity index (χ0v) is 33.2. The zero-order valence-electron chi connectivity index (χ0n) is 30.8. The van der Waals surface area contributed by atoms with Crippen LogP contribution in [0.4, 0.5) is 22.5 Å². The molecule has 2 amide bonds. The Hall–Kier alpha value is -5.96. The van der Waals surface area contributed by atoms with Gasteiger partial charge in [0.15, 0.2) is 16.6 Å². The molecule has 17 nitrogen and oxygen atoms in total. The molecule has 5 heterocycles. The monoisotopic (exact) mass is 828 g/mol. The molecule has 1 aliphatic heterocycles. The van der Waals surface area contributed by atoms with Crippen molar-refractivity contribution in [2.75, 3.05) is 48.5 Å². The smallest absolute Gasteiger partial charge is 0.359 e. The summed E-state index contributed by atoms with van der Waals surface area (Å²) in [6.07, 6.45) is 5.52. The first-order chi connectivity index (χ1) is 27.4. The van der Waals surface area contributed by atoms with E-state index in [0.717, 1.165) is 39.6 Å². The van der Waals surface area contributed by atoms with Crippen molar-refractivity contribution >= 4 is 73.0 Å². The molecule has 7 rings (SSSR count). The Morgan fingerprint density at radius 1 is 1.07 bits per heavy atom. The van der Waals surface area contributed by atoms with Crippen LogP contribution < -0.4 is 20.3 Å². The van der Waals surface area contributed by atoms with E-state index in [1.807, 2.05) is 71.1 Å². The molecule has 6 aromatic rings. The van der Waals surface area contributed by atoms with Gasteiger partial charge in [0.05, 0.1) is 17.3 Å². The number of rotatable bonds is 15. The minimum absolute atomic E-state index is 0.0180. The summed E-state index contributed by atoms with van der Waals surface area (Å²) in [5, 5.41) is 22.1. The highest BCUT2D eigenvalue weighted by atomic mass is 32.2. The van der Waals surface area contributed by atoms with Crippen molar-refractivity contribution in [1.29, 1.82) is 0 Å². The lowest BCUT2D eigenvalue weighted by Gasteiger charge is -2.29. The van der Waals surface area contributed by atoms with Gasteiger partial charge in [0.25, 0.3) is 26.8 Å². The molecule has 0 saturated carbocycles. The van der Waals surface area contributed by atoms with Crippen molar-refractivity contribution in [2.45, 2.75) is 35.2 Å². The third kappa shape index (κ3) is 9.37. The van der Waals surface area contributed by atoms with Crippen LogP contribution in [0.15, 0.2) is 100 Å². The number of nitrogens with one attached hydrogen (secondary N) is 3. The first-order valence-corrected chi connectivity index (χ1v) is 21.0. The fraction of sp³-hybridized carbons (Fsp3) is 0.243. The lowest BCUT2D eigenvalue weighted by atomic mass is 9.94. The van der Waals surface area contributed by atoms with Crippen LogP contribution in [0.5, 0.6) is 0 Å². The maximum Gasteiger partial charge on any atom is 0.359 e. The molecule has 1 atom stereocenters. The van der Waals surface area contributed by atoms with Gasteiger partial charge in [-0.1, -0.05) is 30.3 Å². The average Bonchev–Trinajstić information content (AvgIpc) is 3.86. The molecular weight excluding hydrogens is 791 g/mol. The summed E-state index contributed by atoms with van der Waals surface area (Å²) in [6.45, 7) is 1.58. The van der Waals surface area contributed by atoms with E-state index >= 15 is 0 Å². The number of anilines is 3. The molecule has 0 fully saturated rings. The van der Waals surface area contributed by atoms with Gasteiger partial charge in [-0.15, -0.1) is 23.1 Å². The number of hydrogen-bond acceptors (Lipinski definition) is 14. The van der Waals surface area contributed by atoms with Crippen LogP contribution in [0, 0.1) is 4.91 Å². The minimum Gasteiger partial charge on any atom is -0.361 e. The highest BCUT2D eigenvalue weighted by Gasteiger charge is 2.30. The lowest BCUT2D eigenvalue weighted by molar-refractivity contribution is -0.729. The maximum absolute atomic E-state index is 13.4. The number of amides is 2. The topological polar surface area (TPSA) is 207 Å². The van der Waals surface area contributed by atoms with Gasteiger partial charge in [0.1, 0.15) is 10.6 Å². The second kappa shape index (κ2) is 17.0. The molecule has 294 valence electrons. The first kappa shape index (κ1) is 39.3. The minimum atomic E-state index is -4.56. The molecule has 0 unspecified atom stereocenters. The van der Waals surface area contributed by atoms with E-state index in [9.17, 15) is 28.1 Å². The Kier molecular flexibility index (Phi) is 11.7. The molecule has 57 heavy (non-hydrogen) atoms. The lowest BCUT2D eigenvalue weighted by Crippen LogP contribution is -2.33. The molecule has 4 N–H and O–H groups in total. The predicted molar refractivity (Wildman–Crippen MR) is 216 cm³/mol. The summed E-state index contributed by atoms with van der Waals surface area (Å²) in [7, 11) is -0.687. The van der Waals surface area contributed by atoms with Crippen LogP contribution in [-0.4, -0.2) is 98.8 Å². The SMILES string of the molecule is CN(C)CC[C@H](CSc1ccccc1)Nc1ncc(S(=O)(=O)NC(=O)c2csc(N3CCc4cccc(C(=O)Nc5cn6ncccc6n5)c4C3)n2)cc1[N+](=O)O. The van der Waals surface area contributed by atoms with Gasteiger partial charge in [-0.05, 0) is 74.9 Å². The standard InChI is InChI=1S/C37H37N11O6S3/c1-45(2)16-14-25(22-55-26-9-4-3-5-10-26)40-34-31(48(51)52)18-27(19-38-34)57(53,54)44-36(50)30-23-56-37(41-30)46-17-13-24-8-6-11-28(29(24)20-46)35(49)43-32-21-47-33(42-32)12-7-15-39-47/h3-12,15,18-19,21,23,25H,13-14,16-17,20,22H2,1-2H3,(H3-,38,40,43,44,49,50,51,52)/p+1/t25-/m1/s1. The number of aromatic nitrogens is 5. The second-order valence-corrected chi connectivity index (χ2v) is 17.0. The summed E-state index contributed by atoms with van der Waals surface area (Å²) in [5.74, 6) is -0.400. The molecule has 0 aliphatic carbocycles. The molecular formula is C37H38N11O6S3+. The Morgan fingerprint density at radius 2 is 1.89 bits per heavy atom. The number of fused-ring (bicyclic) bond motifs is 2. The highest BCUT2D eigenvalue weighted by molar-refractivity contribution is 7.99. The Bertz CT molecular complexity index is 2510. The summed E-state index contributed by atoms with van der Waals surface area (Å²) in [6, 6.07) is 19.6. The van der Waals surface area contributed by atoms with Crippen molar-refractivity contribution < 1.29 is 28.1 Å². The van der Waals surface area contributed by atoms with Gasteiger partial charge in [-0.3, -0.25) is 9.59 Å². The Morgan fingerprint density at radius 3 is 2.67 bits per heavy atom. The van der Waals surface area contributed by atoms with E-state index < -0.39 is 31.4 Å². The number of carbonyl (C=O) groups excluding carboxylic acids is 2. The second-order valence-electron chi connectivity index (χ2n) is 13.3. The van der Waals surface area contributed by atoms with E-state index in [0.29, 0.717) is 60.4 Å². The number of sulfonamides is 1. The van der Waals surface area contributed by atoms with Crippen LogP contribution >= 0.6 is 23.1 Å². The molecule has 1 aliphatic rings. The average molecular weight is 829 g/mol. The summed E-state index contributed by atoms with van der Waals surface area (Å²) in [4.78, 5) is 56.0. The molecule has 0 spiro atoms. The van der Waals surface area contributed by atoms with Crippen LogP contribution in [0.1, 0.15) is 38.4 Å². The van der Waals surface area contributed by atoms with Crippen molar-refractivity contribution in [3.63, 3.8) is 0 Å². The van der Waals surface area contributed by atoms with Gasteiger partial charge < -0.3 is 20.4 Å². The third-order valence-corrected chi connectivity index (χ3v) is 12.4. The number of carbonyl (C=O) groups is 2. The van der Waals surface area contributed by atoms with E-state index in [1.54, 1.807) is 46.9 Å². The van der Waals surface area contributed by atoms with Gasteiger partial charge in [0.2, 0.25) is 5.82 Å². The summed E-state index contributed by atoms with van der Waals surface area (Å²) >= 11 is 2.76. The Labute approximate surface area is 335 Å². The molecule has 4 aromatic heterocycles. The van der Waals surface area contributed by atoms with Crippen LogP contribution in [0.25, 0.3) is 5.65 Å². The number of pyridine rings is 1. The first-order valence-electron chi connectivity index (χ1n) is 17.7. The van der Waals surface area contributed by atoms with Crippen molar-refractivity contribution in [3.8, 4) is 0 Å². The fourth-order valence-corrected chi connectivity index (χ4v) is 8.89. The number of benzene rings is 2. The van der Waals surface area contributed by atoms with E-state index in [-0.39, 0.29) is 23.5 Å². The normalized spacial score (nSPS) is 13.3. The summed E-state index contributed by atoms with van der Waals surface area (Å²) < 4.78 is 30.4. The third-order valence-electron chi connectivity index (χ3n) is 9.04. The molecule has 0 radical (unpaired) electrons. The van der Waals surface area contributed by atoms with Crippen molar-refractivity contribution in [3.05, 3.63) is 118 Å². The summed E-state index contributed by atoms with van der Waals surface area (Å²) in [5.41, 5.74) is 2.27. The quantitative estimate of drug-likeness (QED) is 0.0808. The Balaban J connectivity index is 1.02. The van der Waals surface area contributed by atoms with Gasteiger partial charge in [0, 0.05) is 53.0 Å². The molecule has 0 saturated heterocycles. The number of thioether (sulfide) groups is 1. The van der Waals surface area contributed by atoms with Crippen LogP contribution in [0.2, 0.25) is 0 Å². The van der Waals surface area contributed by atoms with E-state index in [2.05, 4.69) is 30.7 Å². The van der Waals surface area contributed by atoms with Crippen LogP contribution in [-0.2, 0) is 23.0 Å². The van der Waals surface area contributed by atoms with Crippen LogP contribution in [0.3, 0.4) is 0 Å². The number of thiazole rings is 1. The molecule has 0 bridgehead atoms.